The maximum absolute atomic E-state index is 6.47. The van der Waals surface area contributed by atoms with Crippen LogP contribution in [0.25, 0.3) is 0 Å². The summed E-state index contributed by atoms with van der Waals surface area (Å²) in [5.74, 6) is 2.45. The van der Waals surface area contributed by atoms with E-state index in [1.807, 2.05) is 36.4 Å². The molecule has 0 spiro atoms. The van der Waals surface area contributed by atoms with Crippen molar-refractivity contribution in [2.24, 2.45) is 4.99 Å². The number of rotatable bonds is 0. The monoisotopic (exact) mass is 353 g/mol. The number of benzene rings is 2. The van der Waals surface area contributed by atoms with Crippen LogP contribution in [-0.4, -0.2) is 47.9 Å². The maximum Gasteiger partial charge on any atom is 0.157 e. The number of ether oxygens (including phenoxy) is 1. The van der Waals surface area contributed by atoms with Crippen molar-refractivity contribution in [1.82, 2.24) is 9.80 Å². The quantitative estimate of drug-likeness (QED) is 0.706. The third-order valence-corrected chi connectivity index (χ3v) is 5.70. The van der Waals surface area contributed by atoms with Crippen LogP contribution in [0.2, 0.25) is 5.02 Å². The molecule has 0 saturated carbocycles. The van der Waals surface area contributed by atoms with Crippen LogP contribution >= 0.6 is 11.6 Å². The minimum absolute atomic E-state index is 0.626. The molecule has 0 amide bonds. The molecule has 5 rings (SSSR count). The third kappa shape index (κ3) is 2.60. The average molecular weight is 354 g/mol. The Kier molecular flexibility index (Phi) is 3.68. The zero-order valence-electron chi connectivity index (χ0n) is 14.0. The van der Waals surface area contributed by atoms with Gasteiger partial charge in [-0.25, -0.2) is 4.99 Å². The summed E-state index contributed by atoms with van der Waals surface area (Å²) in [6, 6.07) is 14.5. The van der Waals surface area contributed by atoms with Crippen molar-refractivity contribution in [1.29, 1.82) is 0 Å². The molecule has 3 heterocycles. The fourth-order valence-corrected chi connectivity index (χ4v) is 4.35. The number of halogens is 1. The number of fused-ring (bicyclic) bond motifs is 3. The molecule has 0 aromatic heterocycles. The molecule has 0 unspecified atom stereocenters. The molecule has 2 fully saturated rings. The van der Waals surface area contributed by atoms with Gasteiger partial charge < -0.3 is 9.64 Å². The summed E-state index contributed by atoms with van der Waals surface area (Å²) in [6.07, 6.45) is 2.58. The van der Waals surface area contributed by atoms with Crippen molar-refractivity contribution in [3.05, 3.63) is 53.1 Å². The Morgan fingerprint density at radius 2 is 1.96 bits per heavy atom. The van der Waals surface area contributed by atoms with Gasteiger partial charge >= 0.3 is 0 Å². The second-order valence-electron chi connectivity index (χ2n) is 6.90. The fraction of sp³-hybridized carbons (Fsp3) is 0.350. The molecule has 3 aliphatic rings. The van der Waals surface area contributed by atoms with Crippen LogP contribution < -0.4 is 4.74 Å². The lowest BCUT2D eigenvalue weighted by atomic mass is 10.1. The average Bonchev–Trinajstić information content (AvgIpc) is 3.03. The van der Waals surface area contributed by atoms with E-state index < -0.39 is 0 Å². The van der Waals surface area contributed by atoms with E-state index in [0.29, 0.717) is 16.8 Å². The van der Waals surface area contributed by atoms with E-state index in [4.69, 9.17) is 21.3 Å². The van der Waals surface area contributed by atoms with Gasteiger partial charge in [0.25, 0.3) is 0 Å². The number of hydrogen-bond acceptors (Lipinski definition) is 4. The molecule has 128 valence electrons. The van der Waals surface area contributed by atoms with Crippen molar-refractivity contribution in [2.45, 2.75) is 18.9 Å². The SMILES string of the molecule is Clc1cccc2c1Oc1ccccc1N=C2N1CCN2CCC[C@@H]2C1. The molecule has 25 heavy (non-hydrogen) atoms. The lowest BCUT2D eigenvalue weighted by molar-refractivity contribution is 0.152. The van der Waals surface area contributed by atoms with Gasteiger partial charge in [-0.2, -0.15) is 0 Å². The lowest BCUT2D eigenvalue weighted by Crippen LogP contribution is -2.52. The predicted molar refractivity (Wildman–Crippen MR) is 100 cm³/mol. The number of para-hydroxylation sites is 3. The van der Waals surface area contributed by atoms with E-state index in [9.17, 15) is 0 Å². The normalized spacial score (nSPS) is 22.4. The Hall–Kier alpha value is -2.04. The van der Waals surface area contributed by atoms with Crippen LogP contribution in [0.3, 0.4) is 0 Å². The molecule has 1 atom stereocenters. The highest BCUT2D eigenvalue weighted by atomic mass is 35.5. The van der Waals surface area contributed by atoms with Gasteiger partial charge in [-0.3, -0.25) is 4.90 Å². The Balaban J connectivity index is 1.61. The molecule has 3 aliphatic heterocycles. The minimum Gasteiger partial charge on any atom is -0.453 e. The number of amidine groups is 1. The standard InChI is InChI=1S/C20H20ClN3O/c21-16-7-3-6-15-19(16)25-18-9-2-1-8-17(18)22-20(15)24-12-11-23-10-4-5-14(23)13-24/h1-3,6-9,14H,4-5,10-13H2/t14-/m1/s1. The molecule has 0 N–H and O–H groups in total. The van der Waals surface area contributed by atoms with E-state index in [2.05, 4.69) is 15.9 Å². The van der Waals surface area contributed by atoms with E-state index in [1.165, 1.54) is 19.4 Å². The zero-order chi connectivity index (χ0) is 16.8. The molecule has 0 bridgehead atoms. The highest BCUT2D eigenvalue weighted by molar-refractivity contribution is 6.33. The summed E-state index contributed by atoms with van der Waals surface area (Å²) in [5, 5.41) is 0.626. The first-order valence-electron chi connectivity index (χ1n) is 8.93. The number of nitrogens with zero attached hydrogens (tertiary/aromatic N) is 3. The molecule has 0 aliphatic carbocycles. The van der Waals surface area contributed by atoms with Gasteiger partial charge in [-0.15, -0.1) is 0 Å². The highest BCUT2D eigenvalue weighted by Gasteiger charge is 2.33. The topological polar surface area (TPSA) is 28.1 Å². The smallest absolute Gasteiger partial charge is 0.157 e. The molecular weight excluding hydrogens is 334 g/mol. The first-order chi connectivity index (χ1) is 12.3. The van der Waals surface area contributed by atoms with Gasteiger partial charge in [-0.05, 0) is 43.7 Å². The van der Waals surface area contributed by atoms with Crippen molar-refractivity contribution >= 4 is 23.1 Å². The van der Waals surface area contributed by atoms with Crippen molar-refractivity contribution < 1.29 is 4.74 Å². The van der Waals surface area contributed by atoms with Crippen LogP contribution in [-0.2, 0) is 0 Å². The molecular formula is C20H20ClN3O. The first-order valence-corrected chi connectivity index (χ1v) is 9.31. The summed E-state index contributed by atoms with van der Waals surface area (Å²) in [4.78, 5) is 10.0. The van der Waals surface area contributed by atoms with E-state index >= 15 is 0 Å². The predicted octanol–water partition coefficient (Wildman–Crippen LogP) is 4.30. The van der Waals surface area contributed by atoms with Gasteiger partial charge in [0.1, 0.15) is 11.5 Å². The molecule has 5 heteroatoms. The van der Waals surface area contributed by atoms with E-state index in [-0.39, 0.29) is 0 Å². The number of piperazine rings is 1. The Bertz CT molecular complexity index is 851. The van der Waals surface area contributed by atoms with Crippen LogP contribution in [0, 0.1) is 0 Å². The second-order valence-corrected chi connectivity index (χ2v) is 7.31. The lowest BCUT2D eigenvalue weighted by Gasteiger charge is -2.39. The van der Waals surface area contributed by atoms with Crippen LogP contribution in [0.15, 0.2) is 47.5 Å². The molecule has 4 nitrogen and oxygen atoms in total. The summed E-state index contributed by atoms with van der Waals surface area (Å²) in [7, 11) is 0. The maximum atomic E-state index is 6.47. The molecule has 2 aromatic carbocycles. The van der Waals surface area contributed by atoms with Gasteiger partial charge in [0.05, 0.1) is 10.6 Å². The largest absolute Gasteiger partial charge is 0.453 e. The number of aliphatic imine (C=N–C) groups is 1. The van der Waals surface area contributed by atoms with E-state index in [0.717, 1.165) is 42.5 Å². The second kappa shape index (κ2) is 6.04. The summed E-state index contributed by atoms with van der Waals surface area (Å²) in [5.41, 5.74) is 1.84. The fourth-order valence-electron chi connectivity index (χ4n) is 4.13. The van der Waals surface area contributed by atoms with Crippen LogP contribution in [0.5, 0.6) is 11.5 Å². The molecule has 2 aromatic rings. The van der Waals surface area contributed by atoms with Crippen LogP contribution in [0.1, 0.15) is 18.4 Å². The minimum atomic E-state index is 0.626. The Morgan fingerprint density at radius 1 is 1.04 bits per heavy atom. The van der Waals surface area contributed by atoms with Gasteiger partial charge in [-0.1, -0.05) is 29.8 Å². The molecule has 0 radical (unpaired) electrons. The van der Waals surface area contributed by atoms with Gasteiger partial charge in [0.2, 0.25) is 0 Å². The Morgan fingerprint density at radius 3 is 2.92 bits per heavy atom. The van der Waals surface area contributed by atoms with Gasteiger partial charge in [0, 0.05) is 25.7 Å². The number of hydrogen-bond donors (Lipinski definition) is 0. The van der Waals surface area contributed by atoms with E-state index in [1.54, 1.807) is 0 Å². The first kappa shape index (κ1) is 15.2. The summed E-state index contributed by atoms with van der Waals surface area (Å²) in [6.45, 7) is 4.35. The summed E-state index contributed by atoms with van der Waals surface area (Å²) < 4.78 is 6.16. The van der Waals surface area contributed by atoms with Gasteiger partial charge in [0.15, 0.2) is 11.5 Å². The third-order valence-electron chi connectivity index (χ3n) is 5.40. The zero-order valence-corrected chi connectivity index (χ0v) is 14.7. The summed E-state index contributed by atoms with van der Waals surface area (Å²) >= 11 is 6.47. The van der Waals surface area contributed by atoms with Crippen molar-refractivity contribution in [3.8, 4) is 11.5 Å². The Labute approximate surface area is 152 Å². The van der Waals surface area contributed by atoms with Crippen LogP contribution in [0.4, 0.5) is 5.69 Å². The molecule has 2 saturated heterocycles. The highest BCUT2D eigenvalue weighted by Crippen LogP contribution is 2.41. The van der Waals surface area contributed by atoms with Crippen molar-refractivity contribution in [3.63, 3.8) is 0 Å². The van der Waals surface area contributed by atoms with Crippen molar-refractivity contribution in [2.75, 3.05) is 26.2 Å².